The van der Waals surface area contributed by atoms with Crippen molar-refractivity contribution in [3.05, 3.63) is 29.8 Å². The Labute approximate surface area is 109 Å². The van der Waals surface area contributed by atoms with Gasteiger partial charge in [0, 0.05) is 17.8 Å². The van der Waals surface area contributed by atoms with Crippen LogP contribution in [-0.4, -0.2) is 18.0 Å². The first-order chi connectivity index (χ1) is 8.64. The molecule has 0 radical (unpaired) electrons. The maximum atomic E-state index is 12.4. The fourth-order valence-electron chi connectivity index (χ4n) is 2.65. The van der Waals surface area contributed by atoms with E-state index in [0.717, 1.165) is 30.6 Å². The summed E-state index contributed by atoms with van der Waals surface area (Å²) in [4.78, 5) is 12.4. The zero-order valence-corrected chi connectivity index (χ0v) is 11.3. The molecule has 1 aromatic rings. The second-order valence-corrected chi connectivity index (χ2v) is 5.30. The summed E-state index contributed by atoms with van der Waals surface area (Å²) in [5.41, 5.74) is 1.64. The van der Waals surface area contributed by atoms with Crippen molar-refractivity contribution in [1.82, 2.24) is 5.32 Å². The maximum absolute atomic E-state index is 12.4. The summed E-state index contributed by atoms with van der Waals surface area (Å²) in [6, 6.07) is 7.69. The number of hydrogen-bond acceptors (Lipinski definition) is 2. The number of carbonyl (C=O) groups is 1. The molecule has 0 aliphatic heterocycles. The molecule has 3 nitrogen and oxygen atoms in total. The molecule has 2 rings (SSSR count). The van der Waals surface area contributed by atoms with Gasteiger partial charge in [-0.05, 0) is 38.8 Å². The molecule has 1 aliphatic carbocycles. The van der Waals surface area contributed by atoms with Gasteiger partial charge in [0.05, 0.1) is 5.56 Å². The monoisotopic (exact) mass is 246 g/mol. The minimum Gasteiger partial charge on any atom is -0.385 e. The van der Waals surface area contributed by atoms with Crippen LogP contribution in [0, 0.1) is 0 Å². The molecule has 1 fully saturated rings. The summed E-state index contributed by atoms with van der Waals surface area (Å²) in [6.45, 7) is 5.00. The van der Waals surface area contributed by atoms with Crippen LogP contribution in [0.3, 0.4) is 0 Å². The van der Waals surface area contributed by atoms with Crippen molar-refractivity contribution in [1.29, 1.82) is 0 Å². The Kier molecular flexibility index (Phi) is 3.90. The van der Waals surface area contributed by atoms with Gasteiger partial charge in [-0.3, -0.25) is 4.79 Å². The highest BCUT2D eigenvalue weighted by Crippen LogP contribution is 2.29. The standard InChI is InChI=1S/C15H22N2O/c1-3-16-13-9-5-4-8-12(13)14(18)17-15(2)10-6-7-11-15/h4-5,8-9,16H,3,6-7,10-11H2,1-2H3,(H,17,18). The summed E-state index contributed by atoms with van der Waals surface area (Å²) in [7, 11) is 0. The van der Waals surface area contributed by atoms with Crippen molar-refractivity contribution in [3.63, 3.8) is 0 Å². The minimum atomic E-state index is -0.0175. The first-order valence-corrected chi connectivity index (χ1v) is 6.80. The predicted molar refractivity (Wildman–Crippen MR) is 74.9 cm³/mol. The Morgan fingerprint density at radius 2 is 1.94 bits per heavy atom. The Hall–Kier alpha value is -1.51. The van der Waals surface area contributed by atoms with E-state index in [1.165, 1.54) is 12.8 Å². The van der Waals surface area contributed by atoms with E-state index in [2.05, 4.69) is 17.6 Å². The number of benzene rings is 1. The smallest absolute Gasteiger partial charge is 0.253 e. The average Bonchev–Trinajstić information content (AvgIpc) is 2.77. The summed E-state index contributed by atoms with van der Waals surface area (Å²) < 4.78 is 0. The molecule has 0 aromatic heterocycles. The highest BCUT2D eigenvalue weighted by atomic mass is 16.1. The van der Waals surface area contributed by atoms with Gasteiger partial charge in [0.25, 0.3) is 5.91 Å². The van der Waals surface area contributed by atoms with Crippen molar-refractivity contribution < 1.29 is 4.79 Å². The molecule has 0 spiro atoms. The number of nitrogens with one attached hydrogen (secondary N) is 2. The highest BCUT2D eigenvalue weighted by molar-refractivity contribution is 6.00. The van der Waals surface area contributed by atoms with Crippen molar-refractivity contribution in [2.45, 2.75) is 45.1 Å². The molecule has 0 unspecified atom stereocenters. The lowest BCUT2D eigenvalue weighted by Gasteiger charge is -2.26. The highest BCUT2D eigenvalue weighted by Gasteiger charge is 2.30. The van der Waals surface area contributed by atoms with Crippen LogP contribution in [0.2, 0.25) is 0 Å². The third-order valence-electron chi connectivity index (χ3n) is 3.66. The number of hydrogen-bond donors (Lipinski definition) is 2. The molecule has 2 N–H and O–H groups in total. The lowest BCUT2D eigenvalue weighted by Crippen LogP contribution is -2.43. The Morgan fingerprint density at radius 1 is 1.28 bits per heavy atom. The normalized spacial score (nSPS) is 17.4. The number of rotatable bonds is 4. The van der Waals surface area contributed by atoms with Gasteiger partial charge < -0.3 is 10.6 Å². The van der Waals surface area contributed by atoms with Crippen LogP contribution in [0.5, 0.6) is 0 Å². The molecule has 0 bridgehead atoms. The number of para-hydroxylation sites is 1. The van der Waals surface area contributed by atoms with Crippen LogP contribution < -0.4 is 10.6 Å². The lowest BCUT2D eigenvalue weighted by atomic mass is 9.99. The topological polar surface area (TPSA) is 41.1 Å². The average molecular weight is 246 g/mol. The fourth-order valence-corrected chi connectivity index (χ4v) is 2.65. The van der Waals surface area contributed by atoms with Crippen molar-refractivity contribution in [3.8, 4) is 0 Å². The SMILES string of the molecule is CCNc1ccccc1C(=O)NC1(C)CCCC1. The van der Waals surface area contributed by atoms with Crippen LogP contribution in [0.1, 0.15) is 49.9 Å². The van der Waals surface area contributed by atoms with Crippen LogP contribution >= 0.6 is 0 Å². The number of carbonyl (C=O) groups excluding carboxylic acids is 1. The second-order valence-electron chi connectivity index (χ2n) is 5.30. The van der Waals surface area contributed by atoms with Gasteiger partial charge in [0.1, 0.15) is 0 Å². The van der Waals surface area contributed by atoms with Gasteiger partial charge in [-0.1, -0.05) is 25.0 Å². The molecule has 0 atom stereocenters. The third-order valence-corrected chi connectivity index (χ3v) is 3.66. The van der Waals surface area contributed by atoms with Crippen molar-refractivity contribution in [2.24, 2.45) is 0 Å². The van der Waals surface area contributed by atoms with Crippen LogP contribution in [0.4, 0.5) is 5.69 Å². The summed E-state index contributed by atoms with van der Waals surface area (Å²) in [6.07, 6.45) is 4.60. The lowest BCUT2D eigenvalue weighted by molar-refractivity contribution is 0.0909. The van der Waals surface area contributed by atoms with E-state index in [4.69, 9.17) is 0 Å². The molecular formula is C15H22N2O. The van der Waals surface area contributed by atoms with Gasteiger partial charge in [-0.15, -0.1) is 0 Å². The molecule has 0 saturated heterocycles. The maximum Gasteiger partial charge on any atom is 0.253 e. The Balaban J connectivity index is 2.13. The van der Waals surface area contributed by atoms with Crippen LogP contribution in [0.25, 0.3) is 0 Å². The van der Waals surface area contributed by atoms with E-state index >= 15 is 0 Å². The molecule has 1 aromatic carbocycles. The molecule has 3 heteroatoms. The summed E-state index contributed by atoms with van der Waals surface area (Å²) in [5.74, 6) is 0.0379. The van der Waals surface area contributed by atoms with Crippen LogP contribution in [-0.2, 0) is 0 Å². The van der Waals surface area contributed by atoms with Gasteiger partial charge in [0.2, 0.25) is 0 Å². The van der Waals surface area contributed by atoms with Gasteiger partial charge in [-0.2, -0.15) is 0 Å². The van der Waals surface area contributed by atoms with E-state index in [1.807, 2.05) is 31.2 Å². The quantitative estimate of drug-likeness (QED) is 0.856. The zero-order chi connectivity index (χ0) is 13.0. The third kappa shape index (κ3) is 2.84. The number of anilines is 1. The van der Waals surface area contributed by atoms with Crippen molar-refractivity contribution in [2.75, 3.05) is 11.9 Å². The minimum absolute atomic E-state index is 0.0175. The Morgan fingerprint density at radius 3 is 2.61 bits per heavy atom. The molecule has 1 amide bonds. The van der Waals surface area contributed by atoms with E-state index < -0.39 is 0 Å². The van der Waals surface area contributed by atoms with E-state index in [9.17, 15) is 4.79 Å². The first-order valence-electron chi connectivity index (χ1n) is 6.80. The summed E-state index contributed by atoms with van der Waals surface area (Å²) >= 11 is 0. The second kappa shape index (κ2) is 5.42. The van der Waals surface area contributed by atoms with Gasteiger partial charge >= 0.3 is 0 Å². The van der Waals surface area contributed by atoms with Crippen molar-refractivity contribution >= 4 is 11.6 Å². The van der Waals surface area contributed by atoms with Gasteiger partial charge in [0.15, 0.2) is 0 Å². The fraction of sp³-hybridized carbons (Fsp3) is 0.533. The molecular weight excluding hydrogens is 224 g/mol. The van der Waals surface area contributed by atoms with Gasteiger partial charge in [-0.25, -0.2) is 0 Å². The largest absolute Gasteiger partial charge is 0.385 e. The van der Waals surface area contributed by atoms with Crippen LogP contribution in [0.15, 0.2) is 24.3 Å². The predicted octanol–water partition coefficient (Wildman–Crippen LogP) is 3.18. The molecule has 18 heavy (non-hydrogen) atoms. The number of amides is 1. The zero-order valence-electron chi connectivity index (χ0n) is 11.3. The van der Waals surface area contributed by atoms with E-state index in [-0.39, 0.29) is 11.4 Å². The molecule has 98 valence electrons. The van der Waals surface area contributed by atoms with E-state index in [1.54, 1.807) is 0 Å². The molecule has 1 saturated carbocycles. The molecule has 1 aliphatic rings. The Bertz CT molecular complexity index is 422. The molecule has 0 heterocycles. The first kappa shape index (κ1) is 12.9. The van der Waals surface area contributed by atoms with E-state index in [0.29, 0.717) is 0 Å². The summed E-state index contributed by atoms with van der Waals surface area (Å²) in [5, 5.41) is 6.43.